The summed E-state index contributed by atoms with van der Waals surface area (Å²) in [4.78, 5) is 15.6. The maximum atomic E-state index is 11.7. The molecule has 0 aliphatic carbocycles. The maximum Gasteiger partial charge on any atom is 0.320 e. The Kier molecular flexibility index (Phi) is 5.38. The second-order valence-electron chi connectivity index (χ2n) is 4.12. The average molecular weight is 355 g/mol. The zero-order chi connectivity index (χ0) is 14.4. The highest BCUT2D eigenvalue weighted by Crippen LogP contribution is 2.12. The van der Waals surface area contributed by atoms with E-state index in [1.54, 1.807) is 12.1 Å². The number of pyridine rings is 1. The summed E-state index contributed by atoms with van der Waals surface area (Å²) in [5.41, 5.74) is 1.16. The Morgan fingerprint density at radius 1 is 1.30 bits per heavy atom. The number of nitrogens with zero attached hydrogens (tertiary/aromatic N) is 1. The minimum absolute atomic E-state index is 0.283. The van der Waals surface area contributed by atoms with Gasteiger partial charge in [0.25, 0.3) is 0 Å². The van der Waals surface area contributed by atoms with E-state index in [4.69, 9.17) is 11.6 Å². The van der Waals surface area contributed by atoms with Crippen molar-refractivity contribution in [1.29, 1.82) is 0 Å². The van der Waals surface area contributed by atoms with Crippen molar-refractivity contribution in [3.8, 4) is 0 Å². The van der Waals surface area contributed by atoms with Gasteiger partial charge < -0.3 is 5.32 Å². The molecule has 0 unspecified atom stereocenters. The van der Waals surface area contributed by atoms with Crippen molar-refractivity contribution in [2.45, 2.75) is 6.42 Å². The van der Waals surface area contributed by atoms with Gasteiger partial charge in [0.2, 0.25) is 0 Å². The molecule has 0 atom stereocenters. The van der Waals surface area contributed by atoms with Crippen LogP contribution < -0.4 is 10.6 Å². The minimum atomic E-state index is -0.283. The van der Waals surface area contributed by atoms with Crippen LogP contribution >= 0.6 is 27.5 Å². The summed E-state index contributed by atoms with van der Waals surface area (Å²) < 4.78 is 1.03. The van der Waals surface area contributed by atoms with Gasteiger partial charge in [-0.15, -0.1) is 0 Å². The summed E-state index contributed by atoms with van der Waals surface area (Å²) in [7, 11) is 0. The standard InChI is InChI=1S/C14H13BrClN3O/c15-11-3-1-2-10(8-11)6-7-17-14(20)19-13-5-4-12(16)9-18-13/h1-5,8-9H,6-7H2,(H2,17,18,19,20). The molecule has 0 aliphatic rings. The van der Waals surface area contributed by atoms with E-state index in [-0.39, 0.29) is 6.03 Å². The molecule has 20 heavy (non-hydrogen) atoms. The van der Waals surface area contributed by atoms with Crippen LogP contribution in [0, 0.1) is 0 Å². The van der Waals surface area contributed by atoms with Gasteiger partial charge in [-0.05, 0) is 36.2 Å². The molecule has 0 radical (unpaired) electrons. The second kappa shape index (κ2) is 7.26. The third kappa shape index (κ3) is 4.83. The molecule has 2 rings (SSSR count). The molecule has 0 saturated heterocycles. The minimum Gasteiger partial charge on any atom is -0.337 e. The highest BCUT2D eigenvalue weighted by atomic mass is 79.9. The normalized spacial score (nSPS) is 10.1. The zero-order valence-corrected chi connectivity index (χ0v) is 12.9. The number of urea groups is 1. The molecule has 0 spiro atoms. The first-order chi connectivity index (χ1) is 9.63. The van der Waals surface area contributed by atoms with E-state index < -0.39 is 0 Å². The second-order valence-corrected chi connectivity index (χ2v) is 5.47. The zero-order valence-electron chi connectivity index (χ0n) is 10.6. The number of nitrogens with one attached hydrogen (secondary N) is 2. The van der Waals surface area contributed by atoms with Gasteiger partial charge in [-0.25, -0.2) is 9.78 Å². The van der Waals surface area contributed by atoms with Gasteiger partial charge >= 0.3 is 6.03 Å². The number of hydrogen-bond acceptors (Lipinski definition) is 2. The van der Waals surface area contributed by atoms with Crippen LogP contribution in [0.4, 0.5) is 10.6 Å². The van der Waals surface area contributed by atoms with Crippen LogP contribution in [0.1, 0.15) is 5.56 Å². The van der Waals surface area contributed by atoms with E-state index in [9.17, 15) is 4.79 Å². The number of anilines is 1. The number of rotatable bonds is 4. The number of carbonyl (C=O) groups is 1. The largest absolute Gasteiger partial charge is 0.337 e. The van der Waals surface area contributed by atoms with Gasteiger partial charge in [-0.3, -0.25) is 5.32 Å². The summed E-state index contributed by atoms with van der Waals surface area (Å²) in [6, 6.07) is 11.0. The molecule has 0 saturated carbocycles. The van der Waals surface area contributed by atoms with Crippen molar-refractivity contribution in [2.75, 3.05) is 11.9 Å². The first kappa shape index (κ1) is 14.8. The molecule has 1 aromatic carbocycles. The molecule has 1 aromatic heterocycles. The van der Waals surface area contributed by atoms with E-state index >= 15 is 0 Å². The Labute approximate surface area is 130 Å². The lowest BCUT2D eigenvalue weighted by Gasteiger charge is -2.07. The fourth-order valence-electron chi connectivity index (χ4n) is 1.62. The van der Waals surface area contributed by atoms with E-state index in [0.29, 0.717) is 17.4 Å². The van der Waals surface area contributed by atoms with Crippen LogP contribution in [0.15, 0.2) is 47.1 Å². The highest BCUT2D eigenvalue weighted by Gasteiger charge is 2.02. The molecule has 1 heterocycles. The molecular weight excluding hydrogens is 342 g/mol. The van der Waals surface area contributed by atoms with Crippen molar-refractivity contribution in [3.05, 3.63) is 57.7 Å². The van der Waals surface area contributed by atoms with E-state index in [2.05, 4.69) is 31.5 Å². The molecule has 0 fully saturated rings. The van der Waals surface area contributed by atoms with Crippen molar-refractivity contribution in [1.82, 2.24) is 10.3 Å². The van der Waals surface area contributed by atoms with Gasteiger partial charge in [0.05, 0.1) is 5.02 Å². The summed E-state index contributed by atoms with van der Waals surface area (Å²) in [5, 5.41) is 5.95. The van der Waals surface area contributed by atoms with Crippen molar-refractivity contribution >= 4 is 39.4 Å². The van der Waals surface area contributed by atoms with Crippen molar-refractivity contribution in [3.63, 3.8) is 0 Å². The number of benzene rings is 1. The molecule has 2 aromatic rings. The first-order valence-corrected chi connectivity index (χ1v) is 7.21. The van der Waals surface area contributed by atoms with Crippen LogP contribution in [0.25, 0.3) is 0 Å². The third-order valence-electron chi connectivity index (χ3n) is 2.56. The summed E-state index contributed by atoms with van der Waals surface area (Å²) in [6.45, 7) is 0.551. The summed E-state index contributed by atoms with van der Waals surface area (Å²) >= 11 is 9.13. The highest BCUT2D eigenvalue weighted by molar-refractivity contribution is 9.10. The summed E-state index contributed by atoms with van der Waals surface area (Å²) in [5.74, 6) is 0.467. The third-order valence-corrected chi connectivity index (χ3v) is 3.27. The van der Waals surface area contributed by atoms with Crippen LogP contribution in [0.5, 0.6) is 0 Å². The Hall–Kier alpha value is -1.59. The predicted octanol–water partition coefficient (Wildman–Crippen LogP) is 3.86. The van der Waals surface area contributed by atoms with Crippen LogP contribution in [0.2, 0.25) is 5.02 Å². The van der Waals surface area contributed by atoms with Gasteiger partial charge in [0.1, 0.15) is 5.82 Å². The fraction of sp³-hybridized carbons (Fsp3) is 0.143. The summed E-state index contributed by atoms with van der Waals surface area (Å²) in [6.07, 6.45) is 2.25. The number of hydrogen-bond donors (Lipinski definition) is 2. The Morgan fingerprint density at radius 2 is 2.15 bits per heavy atom. The number of aromatic nitrogens is 1. The Balaban J connectivity index is 1.76. The molecule has 2 amide bonds. The van der Waals surface area contributed by atoms with Crippen LogP contribution in [-0.4, -0.2) is 17.6 Å². The molecular formula is C14H13BrClN3O. The number of carbonyl (C=O) groups excluding carboxylic acids is 1. The van der Waals surface area contributed by atoms with E-state index in [1.165, 1.54) is 6.20 Å². The molecule has 6 heteroatoms. The first-order valence-electron chi connectivity index (χ1n) is 6.04. The van der Waals surface area contributed by atoms with Gasteiger partial charge in [-0.2, -0.15) is 0 Å². The van der Waals surface area contributed by atoms with Crippen molar-refractivity contribution in [2.24, 2.45) is 0 Å². The fourth-order valence-corrected chi connectivity index (χ4v) is 2.18. The molecule has 0 aliphatic heterocycles. The Morgan fingerprint density at radius 3 is 2.85 bits per heavy atom. The number of halogens is 2. The van der Waals surface area contributed by atoms with Gasteiger partial charge in [0, 0.05) is 17.2 Å². The lowest BCUT2D eigenvalue weighted by atomic mass is 10.1. The lowest BCUT2D eigenvalue weighted by molar-refractivity contribution is 0.252. The molecule has 4 nitrogen and oxygen atoms in total. The maximum absolute atomic E-state index is 11.7. The smallest absolute Gasteiger partial charge is 0.320 e. The SMILES string of the molecule is O=C(NCCc1cccc(Br)c1)Nc1ccc(Cl)cn1. The van der Waals surface area contributed by atoms with E-state index in [0.717, 1.165) is 16.5 Å². The molecule has 2 N–H and O–H groups in total. The quantitative estimate of drug-likeness (QED) is 0.876. The van der Waals surface area contributed by atoms with Gasteiger partial charge in [0.15, 0.2) is 0 Å². The van der Waals surface area contributed by atoms with Crippen LogP contribution in [-0.2, 0) is 6.42 Å². The van der Waals surface area contributed by atoms with E-state index in [1.807, 2.05) is 24.3 Å². The monoisotopic (exact) mass is 353 g/mol. The number of amides is 2. The molecule has 104 valence electrons. The predicted molar refractivity (Wildman–Crippen MR) is 84.1 cm³/mol. The average Bonchev–Trinajstić information content (AvgIpc) is 2.41. The molecule has 0 bridgehead atoms. The van der Waals surface area contributed by atoms with Crippen molar-refractivity contribution < 1.29 is 4.79 Å². The van der Waals surface area contributed by atoms with Gasteiger partial charge in [-0.1, -0.05) is 39.7 Å². The Bertz CT molecular complexity index is 589. The van der Waals surface area contributed by atoms with Crippen LogP contribution in [0.3, 0.4) is 0 Å². The topological polar surface area (TPSA) is 54.0 Å². The lowest BCUT2D eigenvalue weighted by Crippen LogP contribution is -2.30.